The average molecular weight is 689 g/mol. The molecule has 40 heavy (non-hydrogen) atoms. The van der Waals surface area contributed by atoms with Gasteiger partial charge in [0.2, 0.25) is 0 Å². The van der Waals surface area contributed by atoms with Crippen LogP contribution in [0.3, 0.4) is 0 Å². The second kappa shape index (κ2) is 18.4. The summed E-state index contributed by atoms with van der Waals surface area (Å²) in [6, 6.07) is 16.5. The summed E-state index contributed by atoms with van der Waals surface area (Å²) in [4.78, 5) is 21.5. The average Bonchev–Trinajstić information content (AvgIpc) is 2.77. The van der Waals surface area contributed by atoms with Crippen LogP contribution in [-0.2, 0) is 39.3 Å². The molecule has 2 rings (SSSR count). The van der Waals surface area contributed by atoms with Crippen molar-refractivity contribution in [3.8, 4) is 0 Å². The van der Waals surface area contributed by atoms with Gasteiger partial charge in [-0.1, -0.05) is 137 Å². The Labute approximate surface area is 276 Å². The van der Waals surface area contributed by atoms with Gasteiger partial charge >= 0.3 is 32.7 Å². The number of aromatic nitrogens is 1. The molecule has 1 aromatic heterocycles. The maximum Gasteiger partial charge on any atom is 3.00 e. The zero-order valence-electron chi connectivity index (χ0n) is 27.5. The third-order valence-electron chi connectivity index (χ3n) is 5.03. The fourth-order valence-corrected chi connectivity index (χ4v) is 6.69. The van der Waals surface area contributed by atoms with E-state index in [-0.39, 0.29) is 32.7 Å². The standard InChI is InChI=1S/C16H32N4Si2.C13H23N2Si2.Y/c1-21(2,3)18-11-13-20(14-12-19-22(4,5)6)15-16-9-7-8-10-17-16;1-16(2,3)14-13(15-17(4,5)6)12-10-8-7-9-11-12;/h7-10H,11-15H2,1-6H3;7-11H,1-6H3;/q-2;-1;+3. The normalized spacial score (nSPS) is 12.9. The maximum absolute atomic E-state index is 4.89. The van der Waals surface area contributed by atoms with Crippen LogP contribution < -0.4 is 0 Å². The molecule has 0 aliphatic rings. The number of hydrogen-bond acceptors (Lipinski definition) is 3. The van der Waals surface area contributed by atoms with Crippen LogP contribution in [0.25, 0.3) is 14.9 Å². The molecule has 11 heteroatoms. The molecule has 0 saturated carbocycles. The number of hydrogen-bond donors (Lipinski definition) is 0. The van der Waals surface area contributed by atoms with Gasteiger partial charge in [0.05, 0.1) is 5.69 Å². The van der Waals surface area contributed by atoms with E-state index in [1.165, 1.54) is 0 Å². The zero-order valence-corrected chi connectivity index (χ0v) is 34.3. The van der Waals surface area contributed by atoms with E-state index in [0.717, 1.165) is 49.8 Å². The van der Waals surface area contributed by atoms with E-state index in [9.17, 15) is 0 Å². The molecule has 0 bridgehead atoms. The molecular formula is C29H55N6Si4Y. The van der Waals surface area contributed by atoms with Crippen LogP contribution in [0.1, 0.15) is 11.3 Å². The van der Waals surface area contributed by atoms with Crippen LogP contribution in [-0.4, -0.2) is 74.8 Å². The van der Waals surface area contributed by atoms with E-state index < -0.39 is 32.9 Å². The van der Waals surface area contributed by atoms with Crippen LogP contribution in [0.5, 0.6) is 0 Å². The molecule has 1 aromatic carbocycles. The van der Waals surface area contributed by atoms with Crippen molar-refractivity contribution in [3.63, 3.8) is 0 Å². The first-order valence-corrected chi connectivity index (χ1v) is 28.0. The van der Waals surface area contributed by atoms with Gasteiger partial charge < -0.3 is 24.5 Å². The van der Waals surface area contributed by atoms with Gasteiger partial charge in [0.25, 0.3) is 0 Å². The fourth-order valence-electron chi connectivity index (χ4n) is 3.42. The number of nitrogens with zero attached hydrogens (tertiary/aromatic N) is 6. The summed E-state index contributed by atoms with van der Waals surface area (Å²) in [6.07, 6.45) is 1.87. The Morgan fingerprint density at radius 1 is 0.700 bits per heavy atom. The van der Waals surface area contributed by atoms with E-state index in [1.54, 1.807) is 0 Å². The Morgan fingerprint density at radius 2 is 1.20 bits per heavy atom. The molecule has 0 unspecified atom stereocenters. The monoisotopic (exact) mass is 688 g/mol. The largest absolute Gasteiger partial charge is 3.00 e. The van der Waals surface area contributed by atoms with Gasteiger partial charge in [0.15, 0.2) is 0 Å². The van der Waals surface area contributed by atoms with Crippen LogP contribution in [0.4, 0.5) is 0 Å². The Morgan fingerprint density at radius 3 is 1.60 bits per heavy atom. The summed E-state index contributed by atoms with van der Waals surface area (Å²) >= 11 is 0. The minimum atomic E-state index is -1.49. The van der Waals surface area contributed by atoms with Crippen molar-refractivity contribution < 1.29 is 32.7 Å². The summed E-state index contributed by atoms with van der Waals surface area (Å²) in [5.41, 5.74) is 2.28. The molecule has 6 nitrogen and oxygen atoms in total. The molecule has 0 spiro atoms. The number of amidine groups is 1. The summed E-state index contributed by atoms with van der Waals surface area (Å²) in [6.45, 7) is 32.0. The van der Waals surface area contributed by atoms with Crippen molar-refractivity contribution in [2.75, 3.05) is 26.2 Å². The van der Waals surface area contributed by atoms with E-state index in [4.69, 9.17) is 19.6 Å². The first kappa shape index (κ1) is 39.7. The molecule has 220 valence electrons. The van der Waals surface area contributed by atoms with Gasteiger partial charge in [0.1, 0.15) is 0 Å². The van der Waals surface area contributed by atoms with Crippen molar-refractivity contribution in [3.05, 3.63) is 80.9 Å². The minimum Gasteiger partial charge on any atom is -0.664 e. The van der Waals surface area contributed by atoms with Crippen LogP contribution in [0, 0.1) is 0 Å². The third kappa shape index (κ3) is 22.3. The minimum absolute atomic E-state index is 0. The molecule has 0 aliphatic carbocycles. The van der Waals surface area contributed by atoms with Crippen LogP contribution in [0.2, 0.25) is 78.6 Å². The molecule has 0 amide bonds. The Balaban J connectivity index is 0.000000765. The molecule has 1 heterocycles. The summed E-state index contributed by atoms with van der Waals surface area (Å²) in [5.74, 6) is 0.962. The SMILES string of the molecule is C[Si](C)(C)/N=C(/[N-][Si](C)(C)C)c1ccccc1.C[Si](C)(C)[N-]CCN(CC[N-][Si](C)(C)C)Cc1ccccn1.[Y+3]. The molecule has 0 aliphatic heterocycles. The van der Waals surface area contributed by atoms with Gasteiger partial charge in [-0.25, -0.2) is 0 Å². The van der Waals surface area contributed by atoms with Crippen LogP contribution >= 0.6 is 0 Å². The smallest absolute Gasteiger partial charge is 0.664 e. The Bertz CT molecular complexity index is 946. The second-order valence-corrected chi connectivity index (χ2v) is 32.4. The third-order valence-corrected chi connectivity index (χ3v) is 9.14. The van der Waals surface area contributed by atoms with Gasteiger partial charge in [0, 0.05) is 29.2 Å². The van der Waals surface area contributed by atoms with E-state index >= 15 is 0 Å². The molecule has 2 aromatic rings. The van der Waals surface area contributed by atoms with E-state index in [1.807, 2.05) is 18.3 Å². The zero-order chi connectivity index (χ0) is 29.7. The quantitative estimate of drug-likeness (QED) is 0.120. The van der Waals surface area contributed by atoms with Crippen LogP contribution in [0.15, 0.2) is 59.4 Å². The Hall–Kier alpha value is -0.309. The number of benzene rings is 1. The van der Waals surface area contributed by atoms with E-state index in [2.05, 4.69) is 125 Å². The summed E-state index contributed by atoms with van der Waals surface area (Å²) < 4.78 is 4.89. The molecule has 0 radical (unpaired) electrons. The van der Waals surface area contributed by atoms with Gasteiger partial charge in [-0.3, -0.25) is 4.98 Å². The van der Waals surface area contributed by atoms with E-state index in [0.29, 0.717) is 0 Å². The number of rotatable bonds is 13. The molecule has 0 N–H and O–H groups in total. The molecule has 0 atom stereocenters. The van der Waals surface area contributed by atoms with Gasteiger partial charge in [-0.15, -0.1) is 13.1 Å². The molecule has 0 fully saturated rings. The molecular weight excluding hydrogens is 634 g/mol. The predicted molar refractivity (Wildman–Crippen MR) is 186 cm³/mol. The van der Waals surface area contributed by atoms with Gasteiger partial charge in [-0.2, -0.15) is 0 Å². The van der Waals surface area contributed by atoms with Crippen molar-refractivity contribution in [2.45, 2.75) is 85.1 Å². The molecule has 0 saturated heterocycles. The topological polar surface area (TPSA) is 70.8 Å². The predicted octanol–water partition coefficient (Wildman–Crippen LogP) is 8.78. The first-order chi connectivity index (χ1) is 17.8. The summed E-state index contributed by atoms with van der Waals surface area (Å²) in [7, 11) is -5.60. The summed E-state index contributed by atoms with van der Waals surface area (Å²) in [5, 5.41) is 0. The fraction of sp³-hybridized carbons (Fsp3) is 0.586. The Kier molecular flexibility index (Phi) is 18.2. The van der Waals surface area contributed by atoms with Gasteiger partial charge in [-0.05, 0) is 30.8 Å². The number of pyridine rings is 1. The van der Waals surface area contributed by atoms with Crippen molar-refractivity contribution in [2.24, 2.45) is 4.66 Å². The maximum atomic E-state index is 4.89. The van der Waals surface area contributed by atoms with Crippen molar-refractivity contribution in [1.29, 1.82) is 0 Å². The second-order valence-electron chi connectivity index (χ2n) is 14.0. The first-order valence-electron chi connectivity index (χ1n) is 14.2. The van der Waals surface area contributed by atoms with Crippen molar-refractivity contribution in [1.82, 2.24) is 9.88 Å². The van der Waals surface area contributed by atoms with Crippen molar-refractivity contribution >= 4 is 38.8 Å².